The first-order chi connectivity index (χ1) is 13.5. The van der Waals surface area contributed by atoms with Crippen LogP contribution in [0.5, 0.6) is 0 Å². The minimum atomic E-state index is -1.76. The quantitative estimate of drug-likeness (QED) is 0.554. The summed E-state index contributed by atoms with van der Waals surface area (Å²) in [6.45, 7) is 0.610. The molecule has 152 valence electrons. The van der Waals surface area contributed by atoms with Crippen LogP contribution in [0.3, 0.4) is 0 Å². The highest BCUT2D eigenvalue weighted by molar-refractivity contribution is 6.35. The number of benzene rings is 2. The molecule has 0 spiro atoms. The number of anilines is 1. The third-order valence-corrected chi connectivity index (χ3v) is 4.90. The van der Waals surface area contributed by atoms with E-state index >= 15 is 0 Å². The van der Waals surface area contributed by atoms with E-state index in [-0.39, 0.29) is 10.6 Å². The summed E-state index contributed by atoms with van der Waals surface area (Å²) < 4.78 is 39.9. The molecule has 29 heavy (non-hydrogen) atoms. The van der Waals surface area contributed by atoms with Crippen LogP contribution in [0.4, 0.5) is 23.7 Å². The lowest BCUT2D eigenvalue weighted by molar-refractivity contribution is -0.133. The molecular formula is C18H12Cl2F3N3O3. The van der Waals surface area contributed by atoms with Crippen molar-refractivity contribution in [2.24, 2.45) is 0 Å². The minimum absolute atomic E-state index is 0.129. The van der Waals surface area contributed by atoms with Gasteiger partial charge in [0.2, 0.25) is 5.91 Å². The maximum absolute atomic E-state index is 13.7. The molecule has 0 unspecified atom stereocenters. The van der Waals surface area contributed by atoms with Crippen molar-refractivity contribution in [2.45, 2.75) is 12.5 Å². The van der Waals surface area contributed by atoms with E-state index in [2.05, 4.69) is 5.32 Å². The van der Waals surface area contributed by atoms with Gasteiger partial charge in [-0.05, 0) is 31.2 Å². The molecule has 0 saturated carbocycles. The number of halogens is 5. The Morgan fingerprint density at radius 3 is 2.48 bits per heavy atom. The molecule has 0 bridgehead atoms. The first-order valence-corrected chi connectivity index (χ1v) is 8.83. The standard InChI is InChI=1S/C18H12Cl2F3N3O3/c1-18(9-3-2-8(19)6-10(9)20)16(28)26(17(29)25-18)7-13(27)24-12-5-4-11(21)14(22)15(12)23/h2-6H,7H2,1H3,(H,24,27)(H,25,29)/t18-/m0/s1. The van der Waals surface area contributed by atoms with Crippen LogP contribution in [0, 0.1) is 17.5 Å². The van der Waals surface area contributed by atoms with Crippen molar-refractivity contribution in [3.63, 3.8) is 0 Å². The molecule has 0 aromatic heterocycles. The molecular weight excluding hydrogens is 434 g/mol. The zero-order chi connectivity index (χ0) is 21.5. The molecule has 1 atom stereocenters. The zero-order valence-corrected chi connectivity index (χ0v) is 16.2. The second-order valence-corrected chi connectivity index (χ2v) is 7.19. The summed E-state index contributed by atoms with van der Waals surface area (Å²) in [6, 6.07) is 4.89. The van der Waals surface area contributed by atoms with Crippen LogP contribution in [0.15, 0.2) is 30.3 Å². The average Bonchev–Trinajstić information content (AvgIpc) is 2.86. The van der Waals surface area contributed by atoms with E-state index < -0.39 is 53.1 Å². The highest BCUT2D eigenvalue weighted by Gasteiger charge is 2.50. The smallest absolute Gasteiger partial charge is 0.322 e. The Morgan fingerprint density at radius 2 is 1.83 bits per heavy atom. The van der Waals surface area contributed by atoms with Gasteiger partial charge < -0.3 is 10.6 Å². The van der Waals surface area contributed by atoms with Gasteiger partial charge in [-0.25, -0.2) is 18.0 Å². The van der Waals surface area contributed by atoms with Crippen molar-refractivity contribution in [1.29, 1.82) is 0 Å². The first kappa shape index (κ1) is 20.9. The number of carbonyl (C=O) groups is 3. The molecule has 3 rings (SSSR count). The van der Waals surface area contributed by atoms with Gasteiger partial charge in [-0.15, -0.1) is 0 Å². The molecule has 4 amide bonds. The number of hydrogen-bond donors (Lipinski definition) is 2. The molecule has 0 aliphatic carbocycles. The van der Waals surface area contributed by atoms with Crippen LogP contribution in [-0.2, 0) is 15.1 Å². The topological polar surface area (TPSA) is 78.5 Å². The highest BCUT2D eigenvalue weighted by atomic mass is 35.5. The molecule has 2 aromatic carbocycles. The van der Waals surface area contributed by atoms with E-state index in [4.69, 9.17) is 23.2 Å². The number of nitrogens with one attached hydrogen (secondary N) is 2. The molecule has 11 heteroatoms. The summed E-state index contributed by atoms with van der Waals surface area (Å²) in [5.41, 5.74) is -1.94. The number of urea groups is 1. The van der Waals surface area contributed by atoms with Crippen molar-refractivity contribution in [1.82, 2.24) is 10.2 Å². The Morgan fingerprint density at radius 1 is 1.14 bits per heavy atom. The van der Waals surface area contributed by atoms with Crippen molar-refractivity contribution in [2.75, 3.05) is 11.9 Å². The number of amides is 4. The van der Waals surface area contributed by atoms with Crippen LogP contribution in [-0.4, -0.2) is 29.3 Å². The first-order valence-electron chi connectivity index (χ1n) is 8.07. The summed E-state index contributed by atoms with van der Waals surface area (Å²) in [5.74, 6) is -6.57. The lowest BCUT2D eigenvalue weighted by Crippen LogP contribution is -2.42. The van der Waals surface area contributed by atoms with E-state index in [0.29, 0.717) is 16.0 Å². The number of rotatable bonds is 4. The lowest BCUT2D eigenvalue weighted by atomic mass is 9.92. The second kappa shape index (κ2) is 7.57. The van der Waals surface area contributed by atoms with Gasteiger partial charge >= 0.3 is 6.03 Å². The summed E-state index contributed by atoms with van der Waals surface area (Å²) in [6.07, 6.45) is 0. The van der Waals surface area contributed by atoms with Gasteiger partial charge in [0.05, 0.1) is 5.69 Å². The van der Waals surface area contributed by atoms with Crippen LogP contribution < -0.4 is 10.6 Å². The predicted octanol–water partition coefficient (Wildman–Crippen LogP) is 3.82. The zero-order valence-electron chi connectivity index (χ0n) is 14.7. The molecule has 1 aliphatic rings. The van der Waals surface area contributed by atoms with E-state index in [1.54, 1.807) is 0 Å². The van der Waals surface area contributed by atoms with Crippen LogP contribution in [0.2, 0.25) is 10.0 Å². The fourth-order valence-electron chi connectivity index (χ4n) is 2.87. The van der Waals surface area contributed by atoms with Crippen molar-refractivity contribution >= 4 is 46.7 Å². The molecule has 1 saturated heterocycles. The molecule has 0 radical (unpaired) electrons. The van der Waals surface area contributed by atoms with Crippen molar-refractivity contribution in [3.8, 4) is 0 Å². The van der Waals surface area contributed by atoms with Gasteiger partial charge in [-0.1, -0.05) is 29.3 Å². The molecule has 6 nitrogen and oxygen atoms in total. The average molecular weight is 446 g/mol. The third kappa shape index (κ3) is 3.75. The fraction of sp³-hybridized carbons (Fsp3) is 0.167. The van der Waals surface area contributed by atoms with E-state index in [0.717, 1.165) is 6.07 Å². The maximum atomic E-state index is 13.7. The molecule has 2 N–H and O–H groups in total. The number of imide groups is 1. The molecule has 1 heterocycles. The Kier molecular flexibility index (Phi) is 5.46. The largest absolute Gasteiger partial charge is 0.325 e. The Balaban J connectivity index is 1.80. The minimum Gasteiger partial charge on any atom is -0.322 e. The summed E-state index contributed by atoms with van der Waals surface area (Å²) in [4.78, 5) is 37.8. The summed E-state index contributed by atoms with van der Waals surface area (Å²) >= 11 is 12.0. The van der Waals surface area contributed by atoms with Gasteiger partial charge in [0, 0.05) is 15.6 Å². The monoisotopic (exact) mass is 445 g/mol. The Hall–Kier alpha value is -2.78. The van der Waals surface area contributed by atoms with Crippen LogP contribution in [0.25, 0.3) is 0 Å². The van der Waals surface area contributed by atoms with Crippen LogP contribution in [0.1, 0.15) is 12.5 Å². The van der Waals surface area contributed by atoms with Crippen LogP contribution >= 0.6 is 23.2 Å². The summed E-state index contributed by atoms with van der Waals surface area (Å²) in [5, 5.41) is 4.90. The van der Waals surface area contributed by atoms with Crippen molar-refractivity contribution < 1.29 is 27.6 Å². The Bertz CT molecular complexity index is 1050. The van der Waals surface area contributed by atoms with E-state index in [1.807, 2.05) is 5.32 Å². The molecule has 1 aliphatic heterocycles. The van der Waals surface area contributed by atoms with Gasteiger partial charge in [-0.2, -0.15) is 0 Å². The normalized spacial score (nSPS) is 18.8. The van der Waals surface area contributed by atoms with E-state index in [9.17, 15) is 27.6 Å². The number of carbonyl (C=O) groups excluding carboxylic acids is 3. The van der Waals surface area contributed by atoms with Gasteiger partial charge in [-0.3, -0.25) is 14.5 Å². The van der Waals surface area contributed by atoms with E-state index in [1.165, 1.54) is 25.1 Å². The lowest BCUT2D eigenvalue weighted by Gasteiger charge is -2.23. The second-order valence-electron chi connectivity index (χ2n) is 6.34. The third-order valence-electron chi connectivity index (χ3n) is 4.36. The fourth-order valence-corrected chi connectivity index (χ4v) is 3.47. The van der Waals surface area contributed by atoms with Crippen molar-refractivity contribution in [3.05, 3.63) is 63.4 Å². The number of nitrogens with zero attached hydrogens (tertiary/aromatic N) is 1. The Labute approximate surface area is 172 Å². The summed E-state index contributed by atoms with van der Waals surface area (Å²) in [7, 11) is 0. The molecule has 1 fully saturated rings. The van der Waals surface area contributed by atoms with Gasteiger partial charge in [0.25, 0.3) is 5.91 Å². The number of hydrogen-bond acceptors (Lipinski definition) is 3. The SMILES string of the molecule is C[C@@]1(c2ccc(Cl)cc2Cl)NC(=O)N(CC(=O)Nc2ccc(F)c(F)c2F)C1=O. The van der Waals surface area contributed by atoms with Gasteiger partial charge in [0.15, 0.2) is 17.5 Å². The maximum Gasteiger partial charge on any atom is 0.325 e. The predicted molar refractivity (Wildman–Crippen MR) is 99.0 cm³/mol. The highest BCUT2D eigenvalue weighted by Crippen LogP contribution is 2.35. The van der Waals surface area contributed by atoms with Gasteiger partial charge in [0.1, 0.15) is 12.1 Å². The molecule has 2 aromatic rings.